The van der Waals surface area contributed by atoms with Crippen LogP contribution in [0, 0.1) is 0 Å². The number of hydrogen-bond acceptors (Lipinski definition) is 9. The van der Waals surface area contributed by atoms with Gasteiger partial charge in [0.2, 0.25) is 5.88 Å². The Morgan fingerprint density at radius 3 is 2.97 bits per heavy atom. The fourth-order valence-corrected chi connectivity index (χ4v) is 5.40. The third-order valence-electron chi connectivity index (χ3n) is 6.41. The summed E-state index contributed by atoms with van der Waals surface area (Å²) in [6.45, 7) is 1.27. The first-order chi connectivity index (χ1) is 16.6. The molecule has 2 aliphatic heterocycles. The molecule has 34 heavy (non-hydrogen) atoms. The summed E-state index contributed by atoms with van der Waals surface area (Å²) in [5.41, 5.74) is 11.1. The van der Waals surface area contributed by atoms with Gasteiger partial charge in [0.15, 0.2) is 0 Å². The van der Waals surface area contributed by atoms with Crippen molar-refractivity contribution in [1.29, 1.82) is 0 Å². The molecule has 1 saturated heterocycles. The Morgan fingerprint density at radius 1 is 1.24 bits per heavy atom. The third-order valence-corrected chi connectivity index (χ3v) is 7.56. The summed E-state index contributed by atoms with van der Waals surface area (Å²) >= 11 is 1.58. The minimum absolute atomic E-state index is 0.00298. The van der Waals surface area contributed by atoms with Crippen molar-refractivity contribution < 1.29 is 14.3 Å². The summed E-state index contributed by atoms with van der Waals surface area (Å²) in [5, 5.41) is 3.55. The summed E-state index contributed by atoms with van der Waals surface area (Å²) in [4.78, 5) is 26.5. The highest BCUT2D eigenvalue weighted by molar-refractivity contribution is 8.00. The van der Waals surface area contributed by atoms with Gasteiger partial charge in [-0.3, -0.25) is 14.8 Å². The van der Waals surface area contributed by atoms with E-state index in [-0.39, 0.29) is 24.0 Å². The number of thioether (sulfide) groups is 1. The van der Waals surface area contributed by atoms with Crippen LogP contribution in [0.5, 0.6) is 5.88 Å². The molecule has 3 aromatic rings. The largest absolute Gasteiger partial charge is 0.481 e. The van der Waals surface area contributed by atoms with Crippen molar-refractivity contribution in [3.05, 3.63) is 53.5 Å². The van der Waals surface area contributed by atoms with Gasteiger partial charge in [0, 0.05) is 35.8 Å². The molecule has 0 unspecified atom stereocenters. The van der Waals surface area contributed by atoms with Gasteiger partial charge in [-0.25, -0.2) is 4.98 Å². The molecule has 0 aliphatic carbocycles. The summed E-state index contributed by atoms with van der Waals surface area (Å²) in [7, 11) is 1.61. The van der Waals surface area contributed by atoms with Gasteiger partial charge < -0.3 is 20.5 Å². The van der Waals surface area contributed by atoms with Gasteiger partial charge in [0.25, 0.3) is 0 Å². The molecule has 3 atom stereocenters. The second kappa shape index (κ2) is 10.4. The Hall–Kier alpha value is -2.59. The molecule has 8 nitrogen and oxygen atoms in total. The first-order valence-corrected chi connectivity index (χ1v) is 12.6. The fraction of sp³-hybridized carbons (Fsp3) is 0.440. The van der Waals surface area contributed by atoms with Crippen molar-refractivity contribution in [1.82, 2.24) is 20.3 Å². The number of ether oxygens (including phenoxy) is 2. The number of ketones is 1. The molecule has 178 valence electrons. The summed E-state index contributed by atoms with van der Waals surface area (Å²) in [6, 6.07) is 9.95. The topological polar surface area (TPSA) is 112 Å². The average molecular weight is 480 g/mol. The van der Waals surface area contributed by atoms with Crippen LogP contribution in [0.4, 0.5) is 0 Å². The van der Waals surface area contributed by atoms with Crippen molar-refractivity contribution in [2.75, 3.05) is 19.5 Å². The summed E-state index contributed by atoms with van der Waals surface area (Å²) in [6.07, 6.45) is 4.78. The molecule has 3 N–H and O–H groups in total. The van der Waals surface area contributed by atoms with E-state index >= 15 is 0 Å². The maximum absolute atomic E-state index is 11.7. The third kappa shape index (κ3) is 5.22. The lowest BCUT2D eigenvalue weighted by molar-refractivity contribution is -0.116. The minimum atomic E-state index is -0.128. The van der Waals surface area contributed by atoms with E-state index in [0.717, 1.165) is 45.7 Å². The van der Waals surface area contributed by atoms with E-state index in [1.807, 2.05) is 24.3 Å². The van der Waals surface area contributed by atoms with E-state index in [4.69, 9.17) is 20.2 Å². The minimum Gasteiger partial charge on any atom is -0.481 e. The Bertz CT molecular complexity index is 1180. The van der Waals surface area contributed by atoms with E-state index in [1.165, 1.54) is 0 Å². The highest BCUT2D eigenvalue weighted by Gasteiger charge is 2.27. The van der Waals surface area contributed by atoms with Gasteiger partial charge in [0.05, 0.1) is 54.4 Å². The van der Waals surface area contributed by atoms with E-state index in [2.05, 4.69) is 21.4 Å². The van der Waals surface area contributed by atoms with Crippen LogP contribution in [0.2, 0.25) is 0 Å². The lowest BCUT2D eigenvalue weighted by Crippen LogP contribution is -2.47. The molecule has 0 bridgehead atoms. The highest BCUT2D eigenvalue weighted by Crippen LogP contribution is 2.27. The first-order valence-electron chi connectivity index (χ1n) is 11.6. The number of pyridine rings is 3. The van der Waals surface area contributed by atoms with Crippen LogP contribution in [0.3, 0.4) is 0 Å². The number of carbonyl (C=O) groups is 1. The number of methoxy groups -OCH3 is 1. The maximum Gasteiger partial charge on any atom is 0.213 e. The maximum atomic E-state index is 11.7. The van der Waals surface area contributed by atoms with Gasteiger partial charge in [-0.1, -0.05) is 0 Å². The first kappa shape index (κ1) is 23.2. The van der Waals surface area contributed by atoms with E-state index < -0.39 is 0 Å². The van der Waals surface area contributed by atoms with Crippen LogP contribution in [0.25, 0.3) is 11.0 Å². The van der Waals surface area contributed by atoms with Gasteiger partial charge in [0.1, 0.15) is 5.78 Å². The Kier molecular flexibility index (Phi) is 7.05. The summed E-state index contributed by atoms with van der Waals surface area (Å²) in [5.74, 6) is 1.36. The van der Waals surface area contributed by atoms with Crippen LogP contribution < -0.4 is 15.8 Å². The molecule has 0 amide bonds. The molecule has 3 aromatic heterocycles. The highest BCUT2D eigenvalue weighted by atomic mass is 32.2. The van der Waals surface area contributed by atoms with Crippen LogP contribution in [-0.4, -0.2) is 58.4 Å². The number of Topliss-reactive ketones (excluding diaryl/α,β-unsaturated/α-hetero) is 1. The predicted octanol–water partition coefficient (Wildman–Crippen LogP) is 2.46. The van der Waals surface area contributed by atoms with Crippen molar-refractivity contribution in [2.24, 2.45) is 5.73 Å². The average Bonchev–Trinajstić information content (AvgIpc) is 2.87. The van der Waals surface area contributed by atoms with Crippen molar-refractivity contribution in [3.8, 4) is 5.88 Å². The normalized spacial score (nSPS) is 21.3. The van der Waals surface area contributed by atoms with Crippen LogP contribution in [-0.2, 0) is 28.9 Å². The van der Waals surface area contributed by atoms with Gasteiger partial charge in [-0.2, -0.15) is 0 Å². The van der Waals surface area contributed by atoms with Crippen molar-refractivity contribution in [3.63, 3.8) is 0 Å². The molecule has 2 aliphatic rings. The van der Waals surface area contributed by atoms with E-state index in [1.54, 1.807) is 25.1 Å². The van der Waals surface area contributed by atoms with Gasteiger partial charge in [-0.05, 0) is 49.1 Å². The SMILES string of the molecule is COc1ccc2nccc(C[C@H](N)[C@@H]3CC[C@@H](NCc4ccc5c(n4)CC(=O)CS5)CO3)c2n1. The van der Waals surface area contributed by atoms with Gasteiger partial charge in [-0.15, -0.1) is 11.8 Å². The van der Waals surface area contributed by atoms with Crippen LogP contribution in [0.15, 0.2) is 41.4 Å². The molecule has 9 heteroatoms. The Morgan fingerprint density at radius 2 is 2.15 bits per heavy atom. The molecule has 5 heterocycles. The monoisotopic (exact) mass is 479 g/mol. The zero-order valence-corrected chi connectivity index (χ0v) is 20.0. The lowest BCUT2D eigenvalue weighted by Gasteiger charge is -2.33. The number of hydrogen-bond donors (Lipinski definition) is 2. The molecular weight excluding hydrogens is 450 g/mol. The molecular formula is C25H29N5O3S. The number of nitrogens with one attached hydrogen (secondary N) is 1. The van der Waals surface area contributed by atoms with Crippen molar-refractivity contribution >= 4 is 28.6 Å². The number of nitrogens with two attached hydrogens (primary N) is 1. The zero-order valence-electron chi connectivity index (χ0n) is 19.2. The van der Waals surface area contributed by atoms with Crippen LogP contribution in [0.1, 0.15) is 29.8 Å². The lowest BCUT2D eigenvalue weighted by atomic mass is 9.95. The quantitative estimate of drug-likeness (QED) is 0.528. The van der Waals surface area contributed by atoms with Crippen molar-refractivity contribution in [2.45, 2.75) is 55.3 Å². The summed E-state index contributed by atoms with van der Waals surface area (Å²) < 4.78 is 11.4. The predicted molar refractivity (Wildman–Crippen MR) is 131 cm³/mol. The van der Waals surface area contributed by atoms with E-state index in [0.29, 0.717) is 37.6 Å². The fourth-order valence-electron chi connectivity index (χ4n) is 4.53. The molecule has 0 radical (unpaired) electrons. The Balaban J connectivity index is 1.14. The second-order valence-electron chi connectivity index (χ2n) is 8.84. The Labute approximate surface area is 203 Å². The smallest absolute Gasteiger partial charge is 0.213 e. The van der Waals surface area contributed by atoms with Crippen LogP contribution >= 0.6 is 11.8 Å². The molecule has 0 aromatic carbocycles. The second-order valence-corrected chi connectivity index (χ2v) is 9.86. The molecule has 0 spiro atoms. The number of carbonyl (C=O) groups excluding carboxylic acids is 1. The number of aromatic nitrogens is 3. The number of nitrogens with zero attached hydrogens (tertiary/aromatic N) is 3. The zero-order chi connectivity index (χ0) is 23.5. The van der Waals surface area contributed by atoms with Gasteiger partial charge >= 0.3 is 0 Å². The molecule has 0 saturated carbocycles. The number of rotatable bonds is 7. The molecule has 5 rings (SSSR count). The van der Waals surface area contributed by atoms with E-state index in [9.17, 15) is 4.79 Å². The standard InChI is InChI=1S/C25H29N5O3S/c1-32-24-7-4-20-25(30-24)15(8-9-27-20)10-19(26)22-5-2-17(13-33-22)28-12-16-3-6-23-21(29-16)11-18(31)14-34-23/h3-4,6-9,17,19,22,28H,2,5,10-14,26H2,1H3/t17-,19+,22+/m1/s1. The number of fused-ring (bicyclic) bond motifs is 2. The molecule has 1 fully saturated rings.